The maximum absolute atomic E-state index is 5.54. The van der Waals surface area contributed by atoms with E-state index in [0.29, 0.717) is 5.92 Å². The maximum Gasteiger partial charge on any atom is 0.161 e. The number of nitrogens with one attached hydrogen (secondary N) is 1. The van der Waals surface area contributed by atoms with Gasteiger partial charge < -0.3 is 10.1 Å². The molecule has 21 heavy (non-hydrogen) atoms. The molecule has 4 nitrogen and oxygen atoms in total. The number of hydrogen-bond acceptors (Lipinski definition) is 3. The van der Waals surface area contributed by atoms with E-state index in [2.05, 4.69) is 46.3 Å². The summed E-state index contributed by atoms with van der Waals surface area (Å²) in [6.07, 6.45) is 4.01. The average molecular weight is 285 g/mol. The standard InChI is InChI=1S/C17H23N3O/c1-4-9-20-17(15(21-3)11-19-20)16(18-2)14-10-12-7-5-6-8-13(12)14/h5-8,11,14,16,18H,4,9-10H2,1-3H3. The summed E-state index contributed by atoms with van der Waals surface area (Å²) in [6.45, 7) is 3.09. The highest BCUT2D eigenvalue weighted by Gasteiger charge is 2.36. The number of hydrogen-bond donors (Lipinski definition) is 1. The van der Waals surface area contributed by atoms with Gasteiger partial charge in [0.25, 0.3) is 0 Å². The van der Waals surface area contributed by atoms with Gasteiger partial charge in [-0.25, -0.2) is 0 Å². The Morgan fingerprint density at radius 1 is 1.43 bits per heavy atom. The molecule has 1 aliphatic carbocycles. The Hall–Kier alpha value is -1.81. The highest BCUT2D eigenvalue weighted by molar-refractivity contribution is 5.44. The fourth-order valence-electron chi connectivity index (χ4n) is 3.36. The Morgan fingerprint density at radius 2 is 2.24 bits per heavy atom. The molecule has 2 aromatic rings. The molecule has 0 spiro atoms. The summed E-state index contributed by atoms with van der Waals surface area (Å²) in [6, 6.07) is 8.94. The number of benzene rings is 1. The first kappa shape index (κ1) is 14.1. The number of aromatic nitrogens is 2. The average Bonchev–Trinajstić information content (AvgIpc) is 2.88. The highest BCUT2D eigenvalue weighted by atomic mass is 16.5. The van der Waals surface area contributed by atoms with Gasteiger partial charge in [0.15, 0.2) is 5.75 Å². The van der Waals surface area contributed by atoms with Gasteiger partial charge in [-0.3, -0.25) is 4.68 Å². The Kier molecular flexibility index (Phi) is 3.97. The smallest absolute Gasteiger partial charge is 0.161 e. The number of methoxy groups -OCH3 is 1. The van der Waals surface area contributed by atoms with Crippen LogP contribution in [0.1, 0.15) is 42.1 Å². The van der Waals surface area contributed by atoms with Crippen molar-refractivity contribution in [2.75, 3.05) is 14.2 Å². The summed E-state index contributed by atoms with van der Waals surface area (Å²) in [4.78, 5) is 0. The summed E-state index contributed by atoms with van der Waals surface area (Å²) in [7, 11) is 3.74. The number of likely N-dealkylation sites (N-methyl/N-ethyl adjacent to an activating group) is 1. The van der Waals surface area contributed by atoms with Crippen molar-refractivity contribution in [2.45, 2.75) is 38.3 Å². The minimum atomic E-state index is 0.240. The van der Waals surface area contributed by atoms with Gasteiger partial charge >= 0.3 is 0 Å². The lowest BCUT2D eigenvalue weighted by atomic mass is 9.72. The van der Waals surface area contributed by atoms with Crippen molar-refractivity contribution in [2.24, 2.45) is 0 Å². The van der Waals surface area contributed by atoms with Crippen LogP contribution >= 0.6 is 0 Å². The van der Waals surface area contributed by atoms with E-state index in [-0.39, 0.29) is 6.04 Å². The third-order valence-corrected chi connectivity index (χ3v) is 4.40. The van der Waals surface area contributed by atoms with Crippen molar-refractivity contribution < 1.29 is 4.74 Å². The fourth-order valence-corrected chi connectivity index (χ4v) is 3.36. The number of rotatable bonds is 6. The molecule has 1 aromatic heterocycles. The van der Waals surface area contributed by atoms with Gasteiger partial charge in [0.2, 0.25) is 0 Å². The molecular formula is C17H23N3O. The monoisotopic (exact) mass is 285 g/mol. The molecule has 1 N–H and O–H groups in total. The van der Waals surface area contributed by atoms with E-state index in [1.54, 1.807) is 7.11 Å². The van der Waals surface area contributed by atoms with E-state index in [4.69, 9.17) is 4.74 Å². The Balaban J connectivity index is 1.96. The van der Waals surface area contributed by atoms with Crippen molar-refractivity contribution in [1.29, 1.82) is 0 Å². The molecule has 112 valence electrons. The lowest BCUT2D eigenvalue weighted by Crippen LogP contribution is -2.33. The van der Waals surface area contributed by atoms with Crippen molar-refractivity contribution in [3.8, 4) is 5.75 Å². The first-order valence-electron chi connectivity index (χ1n) is 7.64. The van der Waals surface area contributed by atoms with Gasteiger partial charge in [0, 0.05) is 12.5 Å². The second-order valence-corrected chi connectivity index (χ2v) is 5.60. The molecule has 1 aliphatic rings. The largest absolute Gasteiger partial charge is 0.493 e. The molecule has 1 heterocycles. The van der Waals surface area contributed by atoms with E-state index < -0.39 is 0 Å². The summed E-state index contributed by atoms with van der Waals surface area (Å²) >= 11 is 0. The molecule has 0 saturated heterocycles. The zero-order valence-corrected chi connectivity index (χ0v) is 13.0. The maximum atomic E-state index is 5.54. The molecule has 0 radical (unpaired) electrons. The molecule has 0 fully saturated rings. The minimum Gasteiger partial charge on any atom is -0.493 e. The van der Waals surface area contributed by atoms with E-state index in [9.17, 15) is 0 Å². The van der Waals surface area contributed by atoms with Gasteiger partial charge in [0.1, 0.15) is 0 Å². The molecule has 3 rings (SSSR count). The van der Waals surface area contributed by atoms with Crippen LogP contribution in [0, 0.1) is 0 Å². The molecule has 4 heteroatoms. The van der Waals surface area contributed by atoms with Gasteiger partial charge in [-0.2, -0.15) is 5.10 Å². The van der Waals surface area contributed by atoms with Gasteiger partial charge in [-0.1, -0.05) is 31.2 Å². The molecular weight excluding hydrogens is 262 g/mol. The lowest BCUT2D eigenvalue weighted by molar-refractivity contribution is 0.365. The Labute approximate surface area is 126 Å². The number of fused-ring (bicyclic) bond motifs is 1. The number of ether oxygens (including phenoxy) is 1. The van der Waals surface area contributed by atoms with E-state index in [1.165, 1.54) is 16.8 Å². The fraction of sp³-hybridized carbons (Fsp3) is 0.471. The Bertz CT molecular complexity index is 620. The number of nitrogens with zero attached hydrogens (tertiary/aromatic N) is 2. The predicted octanol–water partition coefficient (Wildman–Crippen LogP) is 2.90. The van der Waals surface area contributed by atoms with Crippen LogP contribution in [0.15, 0.2) is 30.5 Å². The van der Waals surface area contributed by atoms with Crippen molar-refractivity contribution in [3.63, 3.8) is 0 Å². The summed E-state index contributed by atoms with van der Waals surface area (Å²) in [5.74, 6) is 1.37. The van der Waals surface area contributed by atoms with Crippen LogP contribution in [0.2, 0.25) is 0 Å². The summed E-state index contributed by atoms with van der Waals surface area (Å²) < 4.78 is 7.62. The quantitative estimate of drug-likeness (QED) is 0.887. The predicted molar refractivity (Wildman–Crippen MR) is 83.8 cm³/mol. The highest BCUT2D eigenvalue weighted by Crippen LogP contribution is 2.45. The Morgan fingerprint density at radius 3 is 2.90 bits per heavy atom. The van der Waals surface area contributed by atoms with Gasteiger partial charge in [-0.15, -0.1) is 0 Å². The van der Waals surface area contributed by atoms with Crippen LogP contribution in [-0.2, 0) is 13.0 Å². The van der Waals surface area contributed by atoms with Crippen LogP contribution in [0.5, 0.6) is 5.75 Å². The second kappa shape index (κ2) is 5.90. The normalized spacial score (nSPS) is 18.0. The van der Waals surface area contributed by atoms with Crippen LogP contribution in [0.25, 0.3) is 0 Å². The third-order valence-electron chi connectivity index (χ3n) is 4.40. The SMILES string of the molecule is CCCn1ncc(OC)c1C(NC)C1Cc2ccccc21. The first-order chi connectivity index (χ1) is 10.3. The van der Waals surface area contributed by atoms with Crippen LogP contribution in [0.3, 0.4) is 0 Å². The van der Waals surface area contributed by atoms with Crippen molar-refractivity contribution >= 4 is 0 Å². The summed E-state index contributed by atoms with van der Waals surface area (Å²) in [5, 5.41) is 7.97. The molecule has 2 atom stereocenters. The molecule has 0 amide bonds. The zero-order valence-electron chi connectivity index (χ0n) is 13.0. The van der Waals surface area contributed by atoms with Gasteiger partial charge in [-0.05, 0) is 31.0 Å². The molecule has 0 bridgehead atoms. The van der Waals surface area contributed by atoms with E-state index in [0.717, 1.165) is 25.1 Å². The number of aryl methyl sites for hydroxylation is 1. The van der Waals surface area contributed by atoms with Crippen LogP contribution in [0.4, 0.5) is 0 Å². The van der Waals surface area contributed by atoms with E-state index in [1.807, 2.05) is 13.2 Å². The van der Waals surface area contributed by atoms with Crippen LogP contribution < -0.4 is 10.1 Å². The first-order valence-corrected chi connectivity index (χ1v) is 7.64. The molecule has 2 unspecified atom stereocenters. The molecule has 0 saturated carbocycles. The third kappa shape index (κ3) is 2.33. The molecule has 1 aromatic carbocycles. The lowest BCUT2D eigenvalue weighted by Gasteiger charge is -2.37. The van der Waals surface area contributed by atoms with Gasteiger partial charge in [0.05, 0.1) is 25.0 Å². The van der Waals surface area contributed by atoms with Crippen molar-refractivity contribution in [3.05, 3.63) is 47.3 Å². The van der Waals surface area contributed by atoms with Crippen molar-refractivity contribution in [1.82, 2.24) is 15.1 Å². The topological polar surface area (TPSA) is 39.1 Å². The molecule has 0 aliphatic heterocycles. The second-order valence-electron chi connectivity index (χ2n) is 5.60. The van der Waals surface area contributed by atoms with E-state index >= 15 is 0 Å². The summed E-state index contributed by atoms with van der Waals surface area (Å²) in [5.41, 5.74) is 4.08. The minimum absolute atomic E-state index is 0.240. The van der Waals surface area contributed by atoms with Crippen LogP contribution in [-0.4, -0.2) is 23.9 Å². The zero-order chi connectivity index (χ0) is 14.8.